The summed E-state index contributed by atoms with van der Waals surface area (Å²) >= 11 is 1.47. The lowest BCUT2D eigenvalue weighted by molar-refractivity contribution is -0.146. The zero-order chi connectivity index (χ0) is 15.2. The Labute approximate surface area is 127 Å². The molecule has 7 heteroatoms. The fraction of sp³-hybridized carbons (Fsp3) is 0.429. The van der Waals surface area contributed by atoms with Crippen LogP contribution < -0.4 is 5.32 Å². The van der Waals surface area contributed by atoms with Crippen LogP contribution in [0.15, 0.2) is 17.5 Å². The maximum atomic E-state index is 11.7. The molecule has 0 aromatic carbocycles. The fourth-order valence-corrected chi connectivity index (χ4v) is 2.67. The summed E-state index contributed by atoms with van der Waals surface area (Å²) in [6.45, 7) is 0.911. The molecule has 1 aliphatic rings. The van der Waals surface area contributed by atoms with E-state index < -0.39 is 0 Å². The first-order chi connectivity index (χ1) is 10.1. The van der Waals surface area contributed by atoms with Crippen LogP contribution in [0, 0.1) is 0 Å². The van der Waals surface area contributed by atoms with Crippen molar-refractivity contribution in [2.45, 2.75) is 12.7 Å². The van der Waals surface area contributed by atoms with Crippen LogP contribution in [-0.2, 0) is 20.9 Å². The van der Waals surface area contributed by atoms with Crippen molar-refractivity contribution in [3.05, 3.63) is 28.0 Å². The zero-order valence-corrected chi connectivity index (χ0v) is 12.6. The molecule has 114 valence electrons. The van der Waals surface area contributed by atoms with Crippen molar-refractivity contribution in [1.82, 2.24) is 10.2 Å². The Balaban J connectivity index is 1.75. The minimum Gasteiger partial charge on any atom is -0.392 e. The Bertz CT molecular complexity index is 541. The van der Waals surface area contributed by atoms with Crippen molar-refractivity contribution in [2.75, 3.05) is 26.7 Å². The van der Waals surface area contributed by atoms with Crippen molar-refractivity contribution in [2.24, 2.45) is 0 Å². The van der Waals surface area contributed by atoms with Crippen LogP contribution >= 0.6 is 11.3 Å². The lowest BCUT2D eigenvalue weighted by Crippen LogP contribution is -2.48. The van der Waals surface area contributed by atoms with Crippen LogP contribution in [0.2, 0.25) is 0 Å². The molecule has 1 atom stereocenters. The predicted octanol–water partition coefficient (Wildman–Crippen LogP) is 0.227. The molecule has 1 fully saturated rings. The number of hydrogen-bond acceptors (Lipinski definition) is 5. The molecule has 2 heterocycles. The average molecular weight is 310 g/mol. The zero-order valence-electron chi connectivity index (χ0n) is 11.7. The summed E-state index contributed by atoms with van der Waals surface area (Å²) < 4.78 is 5.34. The summed E-state index contributed by atoms with van der Waals surface area (Å²) in [5.74, 6) is -0.257. The van der Waals surface area contributed by atoms with E-state index in [0.29, 0.717) is 13.1 Å². The summed E-state index contributed by atoms with van der Waals surface area (Å²) in [7, 11) is 1.72. The standard InChI is InChI=1S/C14H18N2O4S/c1-16-6-11(20-8-14(16)19)5-15-13(18)3-2-12-4-10(7-17)9-21-12/h2-4,9,11,17H,5-8H2,1H3,(H,15,18)/b3-2+. The molecule has 0 radical (unpaired) electrons. The Morgan fingerprint density at radius 1 is 1.67 bits per heavy atom. The van der Waals surface area contributed by atoms with E-state index in [2.05, 4.69) is 5.32 Å². The molecule has 0 saturated carbocycles. The van der Waals surface area contributed by atoms with Crippen LogP contribution in [0.3, 0.4) is 0 Å². The molecule has 2 amide bonds. The smallest absolute Gasteiger partial charge is 0.248 e. The average Bonchev–Trinajstić information content (AvgIpc) is 2.94. The number of carbonyl (C=O) groups excluding carboxylic acids is 2. The number of thiophene rings is 1. The largest absolute Gasteiger partial charge is 0.392 e. The fourth-order valence-electron chi connectivity index (χ4n) is 1.88. The van der Waals surface area contributed by atoms with E-state index in [1.165, 1.54) is 17.4 Å². The second-order valence-corrected chi connectivity index (χ2v) is 5.74. The maximum absolute atomic E-state index is 11.7. The number of morpholine rings is 1. The summed E-state index contributed by atoms with van der Waals surface area (Å²) in [5.41, 5.74) is 0.836. The first-order valence-corrected chi connectivity index (χ1v) is 7.46. The van der Waals surface area contributed by atoms with Crippen LogP contribution in [0.5, 0.6) is 0 Å². The number of nitrogens with one attached hydrogen (secondary N) is 1. The van der Waals surface area contributed by atoms with Gasteiger partial charge in [0.25, 0.3) is 0 Å². The number of rotatable bonds is 5. The van der Waals surface area contributed by atoms with E-state index in [9.17, 15) is 9.59 Å². The van der Waals surface area contributed by atoms with Gasteiger partial charge in [0, 0.05) is 31.1 Å². The summed E-state index contributed by atoms with van der Waals surface area (Å²) in [6, 6.07) is 1.83. The van der Waals surface area contributed by atoms with Crippen molar-refractivity contribution < 1.29 is 19.4 Å². The number of aliphatic hydroxyl groups is 1. The normalized spacial score (nSPS) is 19.2. The SMILES string of the molecule is CN1CC(CNC(=O)/C=C/c2cc(CO)cs2)OCC1=O. The molecule has 0 bridgehead atoms. The molecule has 2 N–H and O–H groups in total. The van der Waals surface area contributed by atoms with E-state index in [1.54, 1.807) is 18.0 Å². The first-order valence-electron chi connectivity index (χ1n) is 6.58. The first kappa shape index (κ1) is 15.7. The lowest BCUT2D eigenvalue weighted by atomic mass is 10.2. The second-order valence-electron chi connectivity index (χ2n) is 4.80. The Hall–Kier alpha value is -1.70. The van der Waals surface area contributed by atoms with Gasteiger partial charge in [-0.2, -0.15) is 0 Å². The number of nitrogens with zero attached hydrogens (tertiary/aromatic N) is 1. The summed E-state index contributed by atoms with van der Waals surface area (Å²) in [6.07, 6.45) is 2.98. The monoisotopic (exact) mass is 310 g/mol. The number of hydrogen-bond donors (Lipinski definition) is 2. The highest BCUT2D eigenvalue weighted by atomic mass is 32.1. The van der Waals surface area contributed by atoms with Gasteiger partial charge in [-0.3, -0.25) is 9.59 Å². The molecular formula is C14H18N2O4S. The summed E-state index contributed by atoms with van der Waals surface area (Å²) in [5, 5.41) is 13.6. The molecular weight excluding hydrogens is 292 g/mol. The minimum absolute atomic E-state index is 0.00178. The van der Waals surface area contributed by atoms with Gasteiger partial charge in [0.05, 0.1) is 12.7 Å². The molecule has 1 aromatic rings. The van der Waals surface area contributed by atoms with Gasteiger partial charge in [0.2, 0.25) is 11.8 Å². The highest BCUT2D eigenvalue weighted by Gasteiger charge is 2.23. The number of likely N-dealkylation sites (N-methyl/N-ethyl adjacent to an activating group) is 1. The van der Waals surface area contributed by atoms with E-state index >= 15 is 0 Å². The van der Waals surface area contributed by atoms with Gasteiger partial charge in [-0.15, -0.1) is 11.3 Å². The number of ether oxygens (including phenoxy) is 1. The van der Waals surface area contributed by atoms with Gasteiger partial charge in [-0.25, -0.2) is 0 Å². The van der Waals surface area contributed by atoms with E-state index in [1.807, 2.05) is 11.4 Å². The molecule has 1 saturated heterocycles. The highest BCUT2D eigenvalue weighted by molar-refractivity contribution is 7.11. The molecule has 0 aliphatic carbocycles. The molecule has 21 heavy (non-hydrogen) atoms. The molecule has 6 nitrogen and oxygen atoms in total. The van der Waals surface area contributed by atoms with Crippen LogP contribution in [0.1, 0.15) is 10.4 Å². The molecule has 0 spiro atoms. The second kappa shape index (κ2) is 7.35. The van der Waals surface area contributed by atoms with Crippen LogP contribution in [0.4, 0.5) is 0 Å². The van der Waals surface area contributed by atoms with Crippen molar-refractivity contribution in [3.63, 3.8) is 0 Å². The highest BCUT2D eigenvalue weighted by Crippen LogP contribution is 2.15. The van der Waals surface area contributed by atoms with Crippen molar-refractivity contribution in [1.29, 1.82) is 0 Å². The quantitative estimate of drug-likeness (QED) is 0.763. The van der Waals surface area contributed by atoms with Crippen LogP contribution in [0.25, 0.3) is 6.08 Å². The van der Waals surface area contributed by atoms with Gasteiger partial charge >= 0.3 is 0 Å². The number of carbonyl (C=O) groups is 2. The third kappa shape index (κ3) is 4.66. The van der Waals surface area contributed by atoms with E-state index in [-0.39, 0.29) is 31.1 Å². The lowest BCUT2D eigenvalue weighted by Gasteiger charge is -2.29. The molecule has 1 aliphatic heterocycles. The topological polar surface area (TPSA) is 78.9 Å². The third-order valence-corrected chi connectivity index (χ3v) is 4.05. The Morgan fingerprint density at radius 3 is 3.14 bits per heavy atom. The van der Waals surface area contributed by atoms with Crippen molar-refractivity contribution in [3.8, 4) is 0 Å². The van der Waals surface area contributed by atoms with Gasteiger partial charge in [-0.05, 0) is 23.1 Å². The third-order valence-electron chi connectivity index (χ3n) is 3.11. The summed E-state index contributed by atoms with van der Waals surface area (Å²) in [4.78, 5) is 25.5. The van der Waals surface area contributed by atoms with Gasteiger partial charge in [0.15, 0.2) is 0 Å². The Morgan fingerprint density at radius 2 is 2.48 bits per heavy atom. The van der Waals surface area contributed by atoms with Gasteiger partial charge in [0.1, 0.15) is 6.61 Å². The Kier molecular flexibility index (Phi) is 5.49. The van der Waals surface area contributed by atoms with Gasteiger partial charge in [-0.1, -0.05) is 0 Å². The molecule has 1 unspecified atom stereocenters. The van der Waals surface area contributed by atoms with Crippen LogP contribution in [-0.4, -0.2) is 54.7 Å². The maximum Gasteiger partial charge on any atom is 0.248 e. The molecule has 1 aromatic heterocycles. The predicted molar refractivity (Wildman–Crippen MR) is 79.7 cm³/mol. The van der Waals surface area contributed by atoms with E-state index in [4.69, 9.17) is 9.84 Å². The van der Waals surface area contributed by atoms with Gasteiger partial charge < -0.3 is 20.1 Å². The number of aliphatic hydroxyl groups excluding tert-OH is 1. The minimum atomic E-state index is -0.211. The van der Waals surface area contributed by atoms with Crippen molar-refractivity contribution >= 4 is 29.2 Å². The molecule has 2 rings (SSSR count). The number of amides is 2. The van der Waals surface area contributed by atoms with E-state index in [0.717, 1.165) is 10.4 Å².